The maximum atomic E-state index is 12.9. The molecule has 0 unspecified atom stereocenters. The summed E-state index contributed by atoms with van der Waals surface area (Å²) in [6.07, 6.45) is 6.12. The molecule has 2 N–H and O–H groups in total. The minimum Gasteiger partial charge on any atom is -0.463 e. The number of cyclic esters (lactones) is 1. The van der Waals surface area contributed by atoms with Crippen molar-refractivity contribution in [2.24, 2.45) is 17.3 Å². The van der Waals surface area contributed by atoms with E-state index in [1.54, 1.807) is 32.1 Å². The summed E-state index contributed by atoms with van der Waals surface area (Å²) in [5.74, 6) is -1.99. The summed E-state index contributed by atoms with van der Waals surface area (Å²) in [5, 5.41) is 20.7. The average molecular weight is 535 g/mol. The van der Waals surface area contributed by atoms with Gasteiger partial charge in [0, 0.05) is 30.4 Å². The first-order valence-corrected chi connectivity index (χ1v) is 13.7. The topological polar surface area (TPSA) is 124 Å². The van der Waals surface area contributed by atoms with Gasteiger partial charge in [-0.2, -0.15) is 0 Å². The fourth-order valence-corrected chi connectivity index (χ4v) is 6.04. The van der Waals surface area contributed by atoms with E-state index < -0.39 is 53.3 Å². The largest absolute Gasteiger partial charge is 0.463 e. The highest BCUT2D eigenvalue weighted by Crippen LogP contribution is 2.65. The van der Waals surface area contributed by atoms with E-state index in [0.717, 1.165) is 12.0 Å². The minimum absolute atomic E-state index is 0.0116. The number of hydrogen-bond donors (Lipinski definition) is 2. The molecule has 0 amide bonds. The zero-order valence-corrected chi connectivity index (χ0v) is 23.0. The second-order valence-electron chi connectivity index (χ2n) is 11.3. The van der Waals surface area contributed by atoms with Crippen molar-refractivity contribution in [2.75, 3.05) is 19.8 Å². The highest BCUT2D eigenvalue weighted by Gasteiger charge is 2.78. The van der Waals surface area contributed by atoms with Crippen molar-refractivity contribution >= 4 is 11.9 Å². The van der Waals surface area contributed by atoms with Crippen LogP contribution in [-0.4, -0.2) is 84.2 Å². The smallest absolute Gasteiger partial charge is 0.335 e. The van der Waals surface area contributed by atoms with Gasteiger partial charge in [-0.05, 0) is 32.6 Å². The number of ether oxygens (including phenoxy) is 5. The van der Waals surface area contributed by atoms with Crippen molar-refractivity contribution in [1.29, 1.82) is 0 Å². The van der Waals surface area contributed by atoms with Crippen molar-refractivity contribution in [3.63, 3.8) is 0 Å². The predicted octanol–water partition coefficient (Wildman–Crippen LogP) is 2.64. The SMILES string of the molecule is CC/C(C)=C/[C@@H]1O[C@H]2C[C@@H]3OC(=O)/C=C\C=C/[C@H]([C@H](C)O)OCC[C@H](C)[C@H](O)C(=O)OC[C@H]1[C@@]3(C)[C@]21CO1. The number of carbonyl (C=O) groups is 2. The van der Waals surface area contributed by atoms with Crippen LogP contribution in [0.1, 0.15) is 53.9 Å². The van der Waals surface area contributed by atoms with Gasteiger partial charge in [0.2, 0.25) is 0 Å². The van der Waals surface area contributed by atoms with E-state index in [2.05, 4.69) is 13.0 Å². The third-order valence-corrected chi connectivity index (χ3v) is 8.93. The number of allylic oxidation sites excluding steroid dienone is 3. The summed E-state index contributed by atoms with van der Waals surface area (Å²) in [6.45, 7) is 10.2. The molecule has 1 spiro atoms. The summed E-state index contributed by atoms with van der Waals surface area (Å²) in [7, 11) is 0. The molecule has 1 saturated carbocycles. The standard InChI is InChI=1S/C29H42O9/c1-6-17(2)13-22-20-15-35-27(33)26(32)18(3)11-12-34-21(19(4)30)9-7-8-10-25(31)38-23-14-24(37-22)29(16-36-29)28(20,23)5/h7-10,13,18-24,26,30,32H,6,11-12,14-16H2,1-5H3/b9-7-,10-8-,17-13+/t18-,19-,20+,21+,22-,23-,24-,26-,28+,29-/m0/s1. The zero-order valence-electron chi connectivity index (χ0n) is 23.0. The van der Waals surface area contributed by atoms with Gasteiger partial charge in [-0.25, -0.2) is 9.59 Å². The van der Waals surface area contributed by atoms with Crippen LogP contribution in [0.3, 0.4) is 0 Å². The van der Waals surface area contributed by atoms with Gasteiger partial charge >= 0.3 is 11.9 Å². The molecule has 3 aliphatic heterocycles. The van der Waals surface area contributed by atoms with Crippen LogP contribution in [0.15, 0.2) is 36.0 Å². The van der Waals surface area contributed by atoms with Crippen molar-refractivity contribution in [3.8, 4) is 0 Å². The molecular formula is C29H42O9. The Labute approximate surface area is 224 Å². The molecule has 2 saturated heterocycles. The summed E-state index contributed by atoms with van der Waals surface area (Å²) in [5.41, 5.74) is -0.140. The van der Waals surface area contributed by atoms with Gasteiger partial charge in [0.1, 0.15) is 17.8 Å². The van der Waals surface area contributed by atoms with E-state index in [0.29, 0.717) is 19.4 Å². The fourth-order valence-electron chi connectivity index (χ4n) is 6.04. The Bertz CT molecular complexity index is 965. The number of epoxide rings is 1. The molecule has 0 aromatic rings. The fraction of sp³-hybridized carbons (Fsp3) is 0.724. The molecule has 3 heterocycles. The van der Waals surface area contributed by atoms with Crippen LogP contribution in [0.5, 0.6) is 0 Å². The molecule has 38 heavy (non-hydrogen) atoms. The molecule has 9 nitrogen and oxygen atoms in total. The monoisotopic (exact) mass is 534 g/mol. The molecular weight excluding hydrogens is 492 g/mol. The Morgan fingerprint density at radius 1 is 1.26 bits per heavy atom. The Hall–Kier alpha value is -2.04. The number of hydrogen-bond acceptors (Lipinski definition) is 9. The van der Waals surface area contributed by atoms with Crippen LogP contribution in [0.2, 0.25) is 0 Å². The van der Waals surface area contributed by atoms with Crippen LogP contribution in [0.4, 0.5) is 0 Å². The second-order valence-corrected chi connectivity index (χ2v) is 11.3. The molecule has 212 valence electrons. The molecule has 0 aromatic heterocycles. The first-order chi connectivity index (χ1) is 18.0. The highest BCUT2D eigenvalue weighted by atomic mass is 16.6. The second kappa shape index (κ2) is 11.6. The quantitative estimate of drug-likeness (QED) is 0.319. The molecule has 0 aromatic carbocycles. The minimum atomic E-state index is -1.33. The van der Waals surface area contributed by atoms with Gasteiger partial charge in [0.25, 0.3) is 0 Å². The van der Waals surface area contributed by atoms with Gasteiger partial charge in [-0.1, -0.05) is 50.6 Å². The van der Waals surface area contributed by atoms with Gasteiger partial charge in [-0.15, -0.1) is 0 Å². The number of esters is 2. The first-order valence-electron chi connectivity index (χ1n) is 13.7. The Kier molecular flexibility index (Phi) is 8.84. The van der Waals surface area contributed by atoms with Gasteiger partial charge in [0.05, 0.1) is 31.5 Å². The van der Waals surface area contributed by atoms with E-state index in [9.17, 15) is 19.8 Å². The van der Waals surface area contributed by atoms with Gasteiger partial charge in [0.15, 0.2) is 6.10 Å². The van der Waals surface area contributed by atoms with E-state index in [-0.39, 0.29) is 31.3 Å². The van der Waals surface area contributed by atoms with Crippen molar-refractivity contribution in [3.05, 3.63) is 36.0 Å². The maximum absolute atomic E-state index is 12.9. The summed E-state index contributed by atoms with van der Waals surface area (Å²) in [4.78, 5) is 25.8. The molecule has 10 atom stereocenters. The summed E-state index contributed by atoms with van der Waals surface area (Å²) >= 11 is 0. The van der Waals surface area contributed by atoms with E-state index in [1.165, 1.54) is 6.08 Å². The van der Waals surface area contributed by atoms with E-state index in [4.69, 9.17) is 23.7 Å². The van der Waals surface area contributed by atoms with Crippen LogP contribution < -0.4 is 0 Å². The van der Waals surface area contributed by atoms with Gasteiger partial charge in [-0.3, -0.25) is 0 Å². The molecule has 1 aliphatic carbocycles. The Morgan fingerprint density at radius 3 is 2.66 bits per heavy atom. The summed E-state index contributed by atoms with van der Waals surface area (Å²) < 4.78 is 30.0. The maximum Gasteiger partial charge on any atom is 0.335 e. The Balaban J connectivity index is 1.67. The summed E-state index contributed by atoms with van der Waals surface area (Å²) in [6, 6.07) is 0. The van der Waals surface area contributed by atoms with Crippen molar-refractivity contribution < 1.29 is 43.5 Å². The van der Waals surface area contributed by atoms with E-state index >= 15 is 0 Å². The van der Waals surface area contributed by atoms with Crippen LogP contribution >= 0.6 is 0 Å². The van der Waals surface area contributed by atoms with Crippen LogP contribution in [0, 0.1) is 17.3 Å². The van der Waals surface area contributed by atoms with Crippen LogP contribution in [-0.2, 0) is 33.3 Å². The van der Waals surface area contributed by atoms with E-state index in [1.807, 2.05) is 13.8 Å². The molecule has 2 bridgehead atoms. The average Bonchev–Trinajstić information content (AvgIpc) is 3.66. The normalized spacial score (nSPS) is 44.9. The molecule has 4 aliphatic rings. The lowest BCUT2D eigenvalue weighted by molar-refractivity contribution is -0.187. The number of aliphatic hydroxyl groups is 2. The van der Waals surface area contributed by atoms with Crippen molar-refractivity contribution in [2.45, 2.75) is 96.1 Å². The van der Waals surface area contributed by atoms with Crippen molar-refractivity contribution in [1.82, 2.24) is 0 Å². The third kappa shape index (κ3) is 5.49. The number of rotatable bonds is 3. The third-order valence-electron chi connectivity index (χ3n) is 8.93. The number of aliphatic hydroxyl groups excluding tert-OH is 2. The van der Waals surface area contributed by atoms with Gasteiger partial charge < -0.3 is 33.9 Å². The van der Waals surface area contributed by atoms with Crippen LogP contribution in [0.25, 0.3) is 0 Å². The number of carbonyl (C=O) groups excluding carboxylic acids is 2. The lowest BCUT2D eigenvalue weighted by atomic mass is 9.64. The predicted molar refractivity (Wildman–Crippen MR) is 138 cm³/mol. The first kappa shape index (κ1) is 29.0. The lowest BCUT2D eigenvalue weighted by Crippen LogP contribution is -2.59. The lowest BCUT2D eigenvalue weighted by Gasteiger charge is -2.48. The molecule has 3 fully saturated rings. The Morgan fingerprint density at radius 2 is 2.00 bits per heavy atom. The molecule has 4 rings (SSSR count). The molecule has 9 heteroatoms. The zero-order chi connectivity index (χ0) is 27.7. The molecule has 0 radical (unpaired) electrons. The highest BCUT2D eigenvalue weighted by molar-refractivity contribution is 5.82.